The van der Waals surface area contributed by atoms with Gasteiger partial charge in [0.15, 0.2) is 0 Å². The van der Waals surface area contributed by atoms with Crippen LogP contribution in [0.15, 0.2) is 36.5 Å². The number of benzene rings is 1. The zero-order chi connectivity index (χ0) is 14.7. The van der Waals surface area contributed by atoms with E-state index in [0.29, 0.717) is 5.92 Å². The number of rotatable bonds is 6. The van der Waals surface area contributed by atoms with Gasteiger partial charge in [0.05, 0.1) is 0 Å². The molecule has 0 radical (unpaired) electrons. The molecule has 0 aliphatic heterocycles. The summed E-state index contributed by atoms with van der Waals surface area (Å²) in [5, 5.41) is 3.53. The van der Waals surface area contributed by atoms with E-state index in [1.807, 2.05) is 0 Å². The first kappa shape index (κ1) is 14.4. The van der Waals surface area contributed by atoms with Gasteiger partial charge in [0.25, 0.3) is 0 Å². The Bertz CT molecular complexity index is 595. The third-order valence-corrected chi connectivity index (χ3v) is 4.30. The Balaban J connectivity index is 1.66. The van der Waals surface area contributed by atoms with Crippen molar-refractivity contribution in [1.29, 1.82) is 0 Å². The van der Waals surface area contributed by atoms with E-state index in [1.54, 1.807) is 11.1 Å². The molecule has 1 aliphatic rings. The highest BCUT2D eigenvalue weighted by Crippen LogP contribution is 2.23. The third-order valence-electron chi connectivity index (χ3n) is 4.30. The topological polar surface area (TPSA) is 17.0 Å². The van der Waals surface area contributed by atoms with Crippen LogP contribution in [-0.2, 0) is 25.9 Å². The standard InChI is InChI=1S/C19H26N2/c1-15(2)12-20-13-19-7-4-10-21(19)14-16-8-9-17-5-3-6-18(17)11-16/h4,7-11,15,20H,3,5-6,12-14H2,1-2H3. The smallest absolute Gasteiger partial charge is 0.0473 e. The summed E-state index contributed by atoms with van der Waals surface area (Å²) in [4.78, 5) is 0. The quantitative estimate of drug-likeness (QED) is 0.853. The average molecular weight is 282 g/mol. The van der Waals surface area contributed by atoms with Crippen molar-refractivity contribution in [3.8, 4) is 0 Å². The molecule has 0 saturated carbocycles. The molecule has 0 unspecified atom stereocenters. The summed E-state index contributed by atoms with van der Waals surface area (Å²) in [7, 11) is 0. The molecule has 0 fully saturated rings. The Labute approximate surface area is 128 Å². The first-order valence-electron chi connectivity index (χ1n) is 8.18. The van der Waals surface area contributed by atoms with Crippen molar-refractivity contribution >= 4 is 0 Å². The summed E-state index contributed by atoms with van der Waals surface area (Å²) >= 11 is 0. The fourth-order valence-corrected chi connectivity index (χ4v) is 3.17. The lowest BCUT2D eigenvalue weighted by Gasteiger charge is -2.12. The lowest BCUT2D eigenvalue weighted by molar-refractivity contribution is 0.539. The number of aryl methyl sites for hydroxylation is 2. The number of hydrogen-bond acceptors (Lipinski definition) is 1. The van der Waals surface area contributed by atoms with Gasteiger partial charge in [-0.1, -0.05) is 32.0 Å². The minimum absolute atomic E-state index is 0.699. The van der Waals surface area contributed by atoms with Gasteiger partial charge in [-0.05, 0) is 60.5 Å². The van der Waals surface area contributed by atoms with Crippen LogP contribution in [0, 0.1) is 5.92 Å². The molecule has 2 aromatic rings. The van der Waals surface area contributed by atoms with Crippen LogP contribution >= 0.6 is 0 Å². The lowest BCUT2D eigenvalue weighted by Crippen LogP contribution is -2.20. The molecule has 0 atom stereocenters. The van der Waals surface area contributed by atoms with E-state index in [4.69, 9.17) is 0 Å². The lowest BCUT2D eigenvalue weighted by atomic mass is 10.1. The maximum Gasteiger partial charge on any atom is 0.0473 e. The van der Waals surface area contributed by atoms with Crippen molar-refractivity contribution < 1.29 is 0 Å². The molecule has 1 heterocycles. The normalized spacial score (nSPS) is 13.9. The summed E-state index contributed by atoms with van der Waals surface area (Å²) < 4.78 is 2.37. The summed E-state index contributed by atoms with van der Waals surface area (Å²) in [5.41, 5.74) is 5.93. The van der Waals surface area contributed by atoms with Gasteiger partial charge < -0.3 is 9.88 Å². The Kier molecular flexibility index (Phi) is 4.45. The highest BCUT2D eigenvalue weighted by atomic mass is 15.0. The first-order chi connectivity index (χ1) is 10.2. The molecule has 0 spiro atoms. The predicted molar refractivity (Wildman–Crippen MR) is 88.5 cm³/mol. The molecule has 1 N–H and O–H groups in total. The highest BCUT2D eigenvalue weighted by Gasteiger charge is 2.11. The van der Waals surface area contributed by atoms with Gasteiger partial charge in [-0.25, -0.2) is 0 Å². The van der Waals surface area contributed by atoms with Crippen LogP contribution < -0.4 is 5.32 Å². The minimum atomic E-state index is 0.699. The number of aromatic nitrogens is 1. The monoisotopic (exact) mass is 282 g/mol. The summed E-state index contributed by atoms with van der Waals surface area (Å²) in [6.07, 6.45) is 6.05. The second-order valence-electron chi connectivity index (χ2n) is 6.61. The fourth-order valence-electron chi connectivity index (χ4n) is 3.17. The molecule has 2 heteroatoms. The number of hydrogen-bond donors (Lipinski definition) is 1. The van der Waals surface area contributed by atoms with Gasteiger partial charge >= 0.3 is 0 Å². The largest absolute Gasteiger partial charge is 0.346 e. The Hall–Kier alpha value is -1.54. The van der Waals surface area contributed by atoms with Crippen molar-refractivity contribution in [3.05, 3.63) is 58.9 Å². The molecule has 1 aromatic carbocycles. The number of fused-ring (bicyclic) bond motifs is 1. The zero-order valence-corrected chi connectivity index (χ0v) is 13.2. The second kappa shape index (κ2) is 6.48. The minimum Gasteiger partial charge on any atom is -0.346 e. The molecule has 0 amide bonds. The van der Waals surface area contributed by atoms with E-state index in [1.165, 1.54) is 30.5 Å². The first-order valence-corrected chi connectivity index (χ1v) is 8.18. The Morgan fingerprint density at radius 3 is 2.86 bits per heavy atom. The number of nitrogens with one attached hydrogen (secondary N) is 1. The predicted octanol–water partition coefficient (Wildman–Crippen LogP) is 3.77. The molecule has 21 heavy (non-hydrogen) atoms. The van der Waals surface area contributed by atoms with Crippen molar-refractivity contribution in [1.82, 2.24) is 9.88 Å². The van der Waals surface area contributed by atoms with Crippen molar-refractivity contribution in [2.24, 2.45) is 5.92 Å². The van der Waals surface area contributed by atoms with Crippen molar-refractivity contribution in [3.63, 3.8) is 0 Å². The summed E-state index contributed by atoms with van der Waals surface area (Å²) in [5.74, 6) is 0.699. The van der Waals surface area contributed by atoms with Crippen LogP contribution in [0.2, 0.25) is 0 Å². The molecule has 2 nitrogen and oxygen atoms in total. The van der Waals surface area contributed by atoms with E-state index in [9.17, 15) is 0 Å². The molecule has 3 rings (SSSR count). The Morgan fingerprint density at radius 2 is 2.00 bits per heavy atom. The molecular formula is C19H26N2. The van der Waals surface area contributed by atoms with E-state index in [2.05, 4.69) is 60.3 Å². The van der Waals surface area contributed by atoms with Gasteiger partial charge in [-0.2, -0.15) is 0 Å². The zero-order valence-electron chi connectivity index (χ0n) is 13.2. The van der Waals surface area contributed by atoms with Crippen LogP contribution in [0.3, 0.4) is 0 Å². The van der Waals surface area contributed by atoms with Crippen LogP contribution in [0.4, 0.5) is 0 Å². The molecule has 0 saturated heterocycles. The average Bonchev–Trinajstić information content (AvgIpc) is 3.07. The molecule has 112 valence electrons. The van der Waals surface area contributed by atoms with E-state index in [-0.39, 0.29) is 0 Å². The van der Waals surface area contributed by atoms with Gasteiger partial charge in [-0.15, -0.1) is 0 Å². The fraction of sp³-hybridized carbons (Fsp3) is 0.474. The molecule has 1 aliphatic carbocycles. The van der Waals surface area contributed by atoms with Gasteiger partial charge in [0.2, 0.25) is 0 Å². The van der Waals surface area contributed by atoms with Crippen LogP contribution in [-0.4, -0.2) is 11.1 Å². The maximum atomic E-state index is 3.53. The second-order valence-corrected chi connectivity index (χ2v) is 6.61. The van der Waals surface area contributed by atoms with Gasteiger partial charge in [0.1, 0.15) is 0 Å². The Morgan fingerprint density at radius 1 is 1.14 bits per heavy atom. The van der Waals surface area contributed by atoms with Crippen LogP contribution in [0.25, 0.3) is 0 Å². The molecular weight excluding hydrogens is 256 g/mol. The SMILES string of the molecule is CC(C)CNCc1cccn1Cc1ccc2c(c1)CCC2. The van der Waals surface area contributed by atoms with Crippen molar-refractivity contribution in [2.45, 2.75) is 46.2 Å². The van der Waals surface area contributed by atoms with Gasteiger partial charge in [0, 0.05) is 25.0 Å². The third kappa shape index (κ3) is 3.56. The number of nitrogens with zero attached hydrogens (tertiary/aromatic N) is 1. The van der Waals surface area contributed by atoms with Crippen LogP contribution in [0.1, 0.15) is 42.7 Å². The van der Waals surface area contributed by atoms with E-state index < -0.39 is 0 Å². The highest BCUT2D eigenvalue weighted by molar-refractivity contribution is 5.35. The van der Waals surface area contributed by atoms with Gasteiger partial charge in [-0.3, -0.25) is 0 Å². The van der Waals surface area contributed by atoms with Crippen molar-refractivity contribution in [2.75, 3.05) is 6.54 Å². The summed E-state index contributed by atoms with van der Waals surface area (Å²) in [6, 6.07) is 11.4. The van der Waals surface area contributed by atoms with E-state index in [0.717, 1.165) is 19.6 Å². The van der Waals surface area contributed by atoms with Crippen LogP contribution in [0.5, 0.6) is 0 Å². The molecule has 1 aromatic heterocycles. The summed E-state index contributed by atoms with van der Waals surface area (Å²) in [6.45, 7) is 7.51. The maximum absolute atomic E-state index is 3.53. The molecule has 0 bridgehead atoms. The van der Waals surface area contributed by atoms with E-state index >= 15 is 0 Å².